The van der Waals surface area contributed by atoms with Crippen molar-refractivity contribution in [1.29, 1.82) is 0 Å². The highest BCUT2D eigenvalue weighted by Crippen LogP contribution is 2.36. The Bertz CT molecular complexity index is 625. The van der Waals surface area contributed by atoms with Crippen LogP contribution >= 0.6 is 0 Å². The number of fused-ring (bicyclic) bond motifs is 1. The van der Waals surface area contributed by atoms with Gasteiger partial charge in [-0.2, -0.15) is 0 Å². The quantitative estimate of drug-likeness (QED) is 0.774. The largest absolute Gasteiger partial charge is 0.303 e. The molecule has 3 rings (SSSR count). The summed E-state index contributed by atoms with van der Waals surface area (Å²) in [5, 5.41) is 0. The van der Waals surface area contributed by atoms with Gasteiger partial charge in [0, 0.05) is 13.1 Å². The van der Waals surface area contributed by atoms with Crippen molar-refractivity contribution >= 4 is 9.84 Å². The molecule has 24 heavy (non-hydrogen) atoms. The Morgan fingerprint density at radius 3 is 2.21 bits per heavy atom. The van der Waals surface area contributed by atoms with E-state index in [0.717, 1.165) is 31.2 Å². The number of sulfone groups is 1. The number of rotatable bonds is 6. The smallest absolute Gasteiger partial charge is 0.183 e. The molecule has 1 aromatic rings. The summed E-state index contributed by atoms with van der Waals surface area (Å²) in [7, 11) is -3.27. The van der Waals surface area contributed by atoms with Crippen LogP contribution in [0.3, 0.4) is 0 Å². The lowest BCUT2D eigenvalue weighted by atomic mass is 9.82. The van der Waals surface area contributed by atoms with Crippen molar-refractivity contribution in [1.82, 2.24) is 4.90 Å². The van der Waals surface area contributed by atoms with Crippen molar-refractivity contribution in [3.05, 3.63) is 30.3 Å². The first-order valence-electron chi connectivity index (χ1n) is 9.42. The van der Waals surface area contributed by atoms with Gasteiger partial charge < -0.3 is 4.90 Å². The van der Waals surface area contributed by atoms with Crippen molar-refractivity contribution in [3.63, 3.8) is 0 Å². The van der Waals surface area contributed by atoms with Crippen molar-refractivity contribution in [2.45, 2.75) is 62.0 Å². The van der Waals surface area contributed by atoms with E-state index in [2.05, 4.69) is 4.90 Å². The Kier molecular flexibility index (Phi) is 5.36. The van der Waals surface area contributed by atoms with Gasteiger partial charge in [-0.15, -0.1) is 0 Å². The predicted octanol–water partition coefficient (Wildman–Crippen LogP) is 4.14. The highest BCUT2D eigenvalue weighted by molar-refractivity contribution is 7.92. The number of hydrogen-bond acceptors (Lipinski definition) is 3. The van der Waals surface area contributed by atoms with Gasteiger partial charge in [-0.25, -0.2) is 8.42 Å². The molecule has 0 spiro atoms. The molecule has 2 aliphatic rings. The maximum absolute atomic E-state index is 12.9. The topological polar surface area (TPSA) is 37.4 Å². The Morgan fingerprint density at radius 2 is 1.62 bits per heavy atom. The zero-order valence-corrected chi connectivity index (χ0v) is 15.9. The molecule has 0 amide bonds. The van der Waals surface area contributed by atoms with Crippen LogP contribution in [0.5, 0.6) is 0 Å². The van der Waals surface area contributed by atoms with E-state index >= 15 is 0 Å². The summed E-state index contributed by atoms with van der Waals surface area (Å²) in [6.07, 6.45) is 7.27. The molecule has 0 aromatic heterocycles. The average Bonchev–Trinajstić information content (AvgIpc) is 2.98. The maximum atomic E-state index is 12.9. The van der Waals surface area contributed by atoms with E-state index in [1.165, 1.54) is 38.8 Å². The molecule has 3 nitrogen and oxygen atoms in total. The second kappa shape index (κ2) is 7.17. The molecule has 1 aliphatic carbocycles. The van der Waals surface area contributed by atoms with Gasteiger partial charge in [0.05, 0.1) is 9.64 Å². The van der Waals surface area contributed by atoms with Crippen molar-refractivity contribution in [2.75, 3.05) is 19.6 Å². The summed E-state index contributed by atoms with van der Waals surface area (Å²) in [6.45, 7) is 7.26. The van der Waals surface area contributed by atoms with Gasteiger partial charge in [-0.3, -0.25) is 0 Å². The highest BCUT2D eigenvalue weighted by atomic mass is 32.2. The molecule has 1 saturated carbocycles. The molecule has 2 atom stereocenters. The molecule has 1 unspecified atom stereocenters. The first kappa shape index (κ1) is 17.9. The van der Waals surface area contributed by atoms with E-state index in [9.17, 15) is 8.42 Å². The molecule has 1 heterocycles. The summed E-state index contributed by atoms with van der Waals surface area (Å²) >= 11 is 0. The third-order valence-electron chi connectivity index (χ3n) is 6.09. The zero-order chi connectivity index (χ0) is 17.2. The molecular weight excluding hydrogens is 318 g/mol. The molecule has 1 aliphatic heterocycles. The van der Waals surface area contributed by atoms with E-state index in [-0.39, 0.29) is 0 Å². The Hall–Kier alpha value is -0.870. The van der Waals surface area contributed by atoms with Crippen LogP contribution in [0, 0.1) is 11.8 Å². The summed E-state index contributed by atoms with van der Waals surface area (Å²) in [6, 6.07) is 8.88. The fourth-order valence-electron chi connectivity index (χ4n) is 4.47. The molecule has 134 valence electrons. The number of likely N-dealkylation sites (tertiary alicyclic amines) is 1. The second-order valence-corrected chi connectivity index (χ2v) is 10.8. The van der Waals surface area contributed by atoms with E-state index < -0.39 is 14.6 Å². The monoisotopic (exact) mass is 349 g/mol. The van der Waals surface area contributed by atoms with Gasteiger partial charge in [-0.1, -0.05) is 31.0 Å². The summed E-state index contributed by atoms with van der Waals surface area (Å²) in [4.78, 5) is 3.02. The molecular formula is C20H31NO2S. The Morgan fingerprint density at radius 1 is 1.04 bits per heavy atom. The normalized spacial score (nSPS) is 25.6. The molecule has 2 fully saturated rings. The second-order valence-electron chi connectivity index (χ2n) is 8.24. The highest BCUT2D eigenvalue weighted by Gasteiger charge is 2.37. The van der Waals surface area contributed by atoms with Crippen LogP contribution in [0.1, 0.15) is 52.4 Å². The van der Waals surface area contributed by atoms with Crippen LogP contribution in [-0.4, -0.2) is 37.7 Å². The lowest BCUT2D eigenvalue weighted by Gasteiger charge is -2.26. The molecule has 1 saturated heterocycles. The number of benzene rings is 1. The van der Waals surface area contributed by atoms with Crippen molar-refractivity contribution < 1.29 is 8.42 Å². The van der Waals surface area contributed by atoms with Crippen molar-refractivity contribution in [2.24, 2.45) is 11.8 Å². The van der Waals surface area contributed by atoms with Gasteiger partial charge in [-0.05, 0) is 70.0 Å². The zero-order valence-electron chi connectivity index (χ0n) is 15.1. The predicted molar refractivity (Wildman–Crippen MR) is 98.8 cm³/mol. The van der Waals surface area contributed by atoms with Crippen LogP contribution in [0.4, 0.5) is 0 Å². The lowest BCUT2D eigenvalue weighted by Crippen LogP contribution is -2.33. The molecule has 4 heteroatoms. The SMILES string of the molecule is CC(C)(CCCN1CC2CCCC[C@H]2C1)S(=O)(=O)c1ccccc1. The summed E-state index contributed by atoms with van der Waals surface area (Å²) in [5.41, 5.74) is 0. The van der Waals surface area contributed by atoms with Crippen LogP contribution in [0.2, 0.25) is 0 Å². The number of nitrogens with zero attached hydrogens (tertiary/aromatic N) is 1. The van der Waals surface area contributed by atoms with E-state index in [0.29, 0.717) is 4.90 Å². The molecule has 0 N–H and O–H groups in total. The van der Waals surface area contributed by atoms with E-state index in [4.69, 9.17) is 0 Å². The standard InChI is InChI=1S/C20H31NO2S/c1-20(2,24(22,23)19-11-4-3-5-12-19)13-8-14-21-15-17-9-6-7-10-18(17)16-21/h3-5,11-12,17-18H,6-10,13-16H2,1-2H3/t17-,18?/m0/s1. The minimum atomic E-state index is -3.27. The fourth-order valence-corrected chi connectivity index (χ4v) is 6.03. The van der Waals surface area contributed by atoms with Crippen LogP contribution in [-0.2, 0) is 9.84 Å². The van der Waals surface area contributed by atoms with E-state index in [1.807, 2.05) is 19.9 Å². The molecule has 0 radical (unpaired) electrons. The van der Waals surface area contributed by atoms with Gasteiger partial charge in [0.25, 0.3) is 0 Å². The van der Waals surface area contributed by atoms with E-state index in [1.54, 1.807) is 24.3 Å². The fraction of sp³-hybridized carbons (Fsp3) is 0.700. The van der Waals surface area contributed by atoms with Crippen LogP contribution < -0.4 is 0 Å². The Balaban J connectivity index is 1.54. The summed E-state index contributed by atoms with van der Waals surface area (Å²) < 4.78 is 25.0. The van der Waals surface area contributed by atoms with Gasteiger partial charge >= 0.3 is 0 Å². The lowest BCUT2D eigenvalue weighted by molar-refractivity contribution is 0.299. The summed E-state index contributed by atoms with van der Waals surface area (Å²) in [5.74, 6) is 1.81. The van der Waals surface area contributed by atoms with Crippen molar-refractivity contribution in [3.8, 4) is 0 Å². The minimum absolute atomic E-state index is 0.446. The third-order valence-corrected chi connectivity index (χ3v) is 8.64. The van der Waals surface area contributed by atoms with Gasteiger partial charge in [0.2, 0.25) is 0 Å². The average molecular weight is 350 g/mol. The minimum Gasteiger partial charge on any atom is -0.303 e. The van der Waals surface area contributed by atoms with Gasteiger partial charge in [0.1, 0.15) is 0 Å². The Labute approximate surface area is 147 Å². The van der Waals surface area contributed by atoms with Crippen LogP contribution in [0.25, 0.3) is 0 Å². The molecule has 0 bridgehead atoms. The maximum Gasteiger partial charge on any atom is 0.183 e. The first-order chi connectivity index (χ1) is 11.4. The number of hydrogen-bond donors (Lipinski definition) is 0. The van der Waals surface area contributed by atoms with Gasteiger partial charge in [0.15, 0.2) is 9.84 Å². The van der Waals surface area contributed by atoms with Crippen LogP contribution in [0.15, 0.2) is 35.2 Å². The molecule has 1 aromatic carbocycles. The first-order valence-corrected chi connectivity index (χ1v) is 10.9. The third kappa shape index (κ3) is 3.70.